The summed E-state index contributed by atoms with van der Waals surface area (Å²) in [4.78, 5) is 2.44. The number of ether oxygens (including phenoxy) is 1. The fourth-order valence-corrected chi connectivity index (χ4v) is 2.07. The summed E-state index contributed by atoms with van der Waals surface area (Å²) >= 11 is 0. The largest absolute Gasteiger partial charge is 0.383 e. The van der Waals surface area contributed by atoms with Crippen LogP contribution in [0.1, 0.15) is 26.2 Å². The van der Waals surface area contributed by atoms with Crippen molar-refractivity contribution in [3.05, 3.63) is 0 Å². The van der Waals surface area contributed by atoms with Crippen molar-refractivity contribution in [1.29, 1.82) is 0 Å². The van der Waals surface area contributed by atoms with Crippen LogP contribution in [-0.4, -0.2) is 37.7 Å². The van der Waals surface area contributed by atoms with E-state index < -0.39 is 0 Å². The highest BCUT2D eigenvalue weighted by Crippen LogP contribution is 2.30. The molecule has 1 aliphatic rings. The lowest BCUT2D eigenvalue weighted by Gasteiger charge is -2.34. The Balaban J connectivity index is 2.57. The minimum absolute atomic E-state index is 0.356. The Labute approximate surface area is 69.5 Å². The van der Waals surface area contributed by atoms with Gasteiger partial charge in [0.05, 0.1) is 6.61 Å². The summed E-state index contributed by atoms with van der Waals surface area (Å²) in [5.74, 6) is 0. The van der Waals surface area contributed by atoms with Gasteiger partial charge in [-0.05, 0) is 32.9 Å². The minimum atomic E-state index is 0.356. The first-order chi connectivity index (χ1) is 5.25. The molecule has 2 heteroatoms. The van der Waals surface area contributed by atoms with Crippen LogP contribution >= 0.6 is 0 Å². The smallest absolute Gasteiger partial charge is 0.0646 e. The lowest BCUT2D eigenvalue weighted by molar-refractivity contribution is 0.0501. The van der Waals surface area contributed by atoms with E-state index in [0.717, 1.165) is 6.61 Å². The molecule has 1 rings (SSSR count). The van der Waals surface area contributed by atoms with E-state index in [0.29, 0.717) is 5.54 Å². The third-order valence-corrected chi connectivity index (χ3v) is 3.02. The van der Waals surface area contributed by atoms with Crippen LogP contribution in [0.5, 0.6) is 0 Å². The summed E-state index contributed by atoms with van der Waals surface area (Å²) in [5.41, 5.74) is 0.356. The van der Waals surface area contributed by atoms with Crippen LogP contribution < -0.4 is 0 Å². The zero-order valence-corrected chi connectivity index (χ0v) is 7.89. The lowest BCUT2D eigenvalue weighted by atomic mass is 9.94. The molecular formula is C9H19NO. The Morgan fingerprint density at radius 2 is 2.27 bits per heavy atom. The molecule has 0 N–H and O–H groups in total. The summed E-state index contributed by atoms with van der Waals surface area (Å²) in [7, 11) is 4.00. The van der Waals surface area contributed by atoms with Crippen molar-refractivity contribution in [2.24, 2.45) is 0 Å². The van der Waals surface area contributed by atoms with Gasteiger partial charge in [-0.2, -0.15) is 0 Å². The van der Waals surface area contributed by atoms with Crippen LogP contribution in [0.3, 0.4) is 0 Å². The third-order valence-electron chi connectivity index (χ3n) is 3.02. The number of methoxy groups -OCH3 is 1. The highest BCUT2D eigenvalue weighted by molar-refractivity contribution is 4.92. The predicted octanol–water partition coefficient (Wildman–Crippen LogP) is 1.51. The molecule has 0 aromatic carbocycles. The van der Waals surface area contributed by atoms with Crippen molar-refractivity contribution in [1.82, 2.24) is 4.90 Å². The van der Waals surface area contributed by atoms with Crippen molar-refractivity contribution >= 4 is 0 Å². The van der Waals surface area contributed by atoms with E-state index in [1.54, 1.807) is 7.11 Å². The number of likely N-dealkylation sites (N-methyl/N-ethyl adjacent to an activating group) is 1. The van der Waals surface area contributed by atoms with Gasteiger partial charge < -0.3 is 4.74 Å². The minimum Gasteiger partial charge on any atom is -0.383 e. The number of hydrogen-bond donors (Lipinski definition) is 0. The van der Waals surface area contributed by atoms with Crippen LogP contribution in [0.25, 0.3) is 0 Å². The molecule has 11 heavy (non-hydrogen) atoms. The Hall–Kier alpha value is -0.0800. The van der Waals surface area contributed by atoms with Gasteiger partial charge in [-0.15, -0.1) is 0 Å². The van der Waals surface area contributed by atoms with Gasteiger partial charge in [0, 0.05) is 12.6 Å². The SMILES string of the molecule is CC[C@@]1(COC)CCCN1C. The summed E-state index contributed by atoms with van der Waals surface area (Å²) in [6.45, 7) is 4.37. The lowest BCUT2D eigenvalue weighted by Crippen LogP contribution is -2.44. The van der Waals surface area contributed by atoms with E-state index in [9.17, 15) is 0 Å². The van der Waals surface area contributed by atoms with E-state index in [1.165, 1.54) is 25.8 Å². The van der Waals surface area contributed by atoms with Crippen LogP contribution in [0.4, 0.5) is 0 Å². The molecule has 0 aromatic heterocycles. The summed E-state index contributed by atoms with van der Waals surface area (Å²) in [6.07, 6.45) is 3.83. The fourth-order valence-electron chi connectivity index (χ4n) is 2.07. The Morgan fingerprint density at radius 1 is 1.55 bits per heavy atom. The van der Waals surface area contributed by atoms with Gasteiger partial charge in [0.25, 0.3) is 0 Å². The second-order valence-corrected chi connectivity index (χ2v) is 3.54. The zero-order valence-electron chi connectivity index (χ0n) is 7.89. The van der Waals surface area contributed by atoms with E-state index >= 15 is 0 Å². The number of hydrogen-bond acceptors (Lipinski definition) is 2. The molecule has 0 bridgehead atoms. The normalized spacial score (nSPS) is 33.0. The average Bonchev–Trinajstić information content (AvgIpc) is 2.35. The quantitative estimate of drug-likeness (QED) is 0.615. The molecule has 0 amide bonds. The highest BCUT2D eigenvalue weighted by Gasteiger charge is 2.36. The molecule has 0 saturated carbocycles. The molecule has 1 saturated heterocycles. The van der Waals surface area contributed by atoms with Crippen LogP contribution in [0, 0.1) is 0 Å². The maximum absolute atomic E-state index is 5.25. The molecule has 1 heterocycles. The van der Waals surface area contributed by atoms with Gasteiger partial charge in [-0.25, -0.2) is 0 Å². The second-order valence-electron chi connectivity index (χ2n) is 3.54. The molecule has 0 aromatic rings. The summed E-state index contributed by atoms with van der Waals surface area (Å²) in [6, 6.07) is 0. The Morgan fingerprint density at radius 3 is 2.64 bits per heavy atom. The van der Waals surface area contributed by atoms with E-state index in [1.807, 2.05) is 0 Å². The van der Waals surface area contributed by atoms with Crippen molar-refractivity contribution in [3.8, 4) is 0 Å². The molecule has 1 aliphatic heterocycles. The first kappa shape index (κ1) is 9.01. The van der Waals surface area contributed by atoms with Crippen LogP contribution in [-0.2, 0) is 4.74 Å². The second kappa shape index (κ2) is 3.55. The molecule has 1 fully saturated rings. The number of rotatable bonds is 3. The molecule has 2 nitrogen and oxygen atoms in total. The molecule has 0 unspecified atom stereocenters. The van der Waals surface area contributed by atoms with E-state index in [4.69, 9.17) is 4.74 Å². The monoisotopic (exact) mass is 157 g/mol. The van der Waals surface area contributed by atoms with Gasteiger partial charge in [0.2, 0.25) is 0 Å². The Bertz CT molecular complexity index is 127. The van der Waals surface area contributed by atoms with Crippen LogP contribution in [0.15, 0.2) is 0 Å². The van der Waals surface area contributed by atoms with Crippen molar-refractivity contribution in [3.63, 3.8) is 0 Å². The van der Waals surface area contributed by atoms with Crippen LogP contribution in [0.2, 0.25) is 0 Å². The molecule has 0 aliphatic carbocycles. The molecule has 0 radical (unpaired) electrons. The van der Waals surface area contributed by atoms with E-state index in [2.05, 4.69) is 18.9 Å². The zero-order chi connectivity index (χ0) is 8.32. The van der Waals surface area contributed by atoms with Gasteiger partial charge in [-0.3, -0.25) is 4.90 Å². The van der Waals surface area contributed by atoms with Gasteiger partial charge in [-0.1, -0.05) is 6.92 Å². The molecule has 1 atom stereocenters. The number of likely N-dealkylation sites (tertiary alicyclic amines) is 1. The van der Waals surface area contributed by atoms with Crippen molar-refractivity contribution in [2.45, 2.75) is 31.7 Å². The summed E-state index contributed by atoms with van der Waals surface area (Å²) < 4.78 is 5.25. The van der Waals surface area contributed by atoms with Gasteiger partial charge in [0.1, 0.15) is 0 Å². The predicted molar refractivity (Wildman–Crippen MR) is 46.8 cm³/mol. The maximum Gasteiger partial charge on any atom is 0.0646 e. The van der Waals surface area contributed by atoms with Gasteiger partial charge >= 0.3 is 0 Å². The van der Waals surface area contributed by atoms with Gasteiger partial charge in [0.15, 0.2) is 0 Å². The van der Waals surface area contributed by atoms with Crippen molar-refractivity contribution in [2.75, 3.05) is 27.3 Å². The Kier molecular flexibility index (Phi) is 2.90. The number of nitrogens with zero attached hydrogens (tertiary/aromatic N) is 1. The molecular weight excluding hydrogens is 138 g/mol. The average molecular weight is 157 g/mol. The maximum atomic E-state index is 5.25. The molecule has 66 valence electrons. The first-order valence-electron chi connectivity index (χ1n) is 4.45. The third kappa shape index (κ3) is 1.57. The fraction of sp³-hybridized carbons (Fsp3) is 1.00. The van der Waals surface area contributed by atoms with E-state index in [-0.39, 0.29) is 0 Å². The highest BCUT2D eigenvalue weighted by atomic mass is 16.5. The molecule has 0 spiro atoms. The van der Waals surface area contributed by atoms with Crippen molar-refractivity contribution < 1.29 is 4.74 Å². The topological polar surface area (TPSA) is 12.5 Å². The standard InChI is InChI=1S/C9H19NO/c1-4-9(8-11-3)6-5-7-10(9)2/h4-8H2,1-3H3/t9-/m0/s1. The first-order valence-corrected chi connectivity index (χ1v) is 4.45. The summed E-state index contributed by atoms with van der Waals surface area (Å²) in [5, 5.41) is 0.